The maximum absolute atomic E-state index is 12.8. The third-order valence-electron chi connectivity index (χ3n) is 4.64. The SMILES string of the molecule is O=C(NCC(F)(F)F)C1CCN(C(=O)c2cccc3ccccc23)CC1. The summed E-state index contributed by atoms with van der Waals surface area (Å²) in [6.45, 7) is -0.612. The molecule has 1 fully saturated rings. The highest BCUT2D eigenvalue weighted by atomic mass is 19.4. The molecule has 0 spiro atoms. The molecule has 0 bridgehead atoms. The first-order chi connectivity index (χ1) is 12.3. The summed E-state index contributed by atoms with van der Waals surface area (Å²) in [6, 6.07) is 13.1. The molecule has 0 aliphatic carbocycles. The molecule has 3 rings (SSSR count). The van der Waals surface area contributed by atoms with Crippen molar-refractivity contribution in [3.63, 3.8) is 0 Å². The van der Waals surface area contributed by atoms with Gasteiger partial charge in [-0.15, -0.1) is 0 Å². The van der Waals surface area contributed by atoms with Crippen LogP contribution in [0.1, 0.15) is 23.2 Å². The molecule has 0 atom stereocenters. The van der Waals surface area contributed by atoms with Crippen molar-refractivity contribution >= 4 is 22.6 Å². The Labute approximate surface area is 149 Å². The Morgan fingerprint density at radius 3 is 2.38 bits per heavy atom. The van der Waals surface area contributed by atoms with E-state index in [2.05, 4.69) is 0 Å². The highest BCUT2D eigenvalue weighted by Crippen LogP contribution is 2.24. The van der Waals surface area contributed by atoms with Crippen molar-refractivity contribution in [3.8, 4) is 0 Å². The smallest absolute Gasteiger partial charge is 0.347 e. The number of piperidine rings is 1. The molecule has 0 radical (unpaired) electrons. The number of rotatable bonds is 3. The highest BCUT2D eigenvalue weighted by Gasteiger charge is 2.32. The van der Waals surface area contributed by atoms with Crippen LogP contribution in [0.5, 0.6) is 0 Å². The van der Waals surface area contributed by atoms with Crippen LogP contribution in [0.15, 0.2) is 42.5 Å². The minimum atomic E-state index is -4.42. The fourth-order valence-corrected chi connectivity index (χ4v) is 3.26. The van der Waals surface area contributed by atoms with Crippen molar-refractivity contribution in [3.05, 3.63) is 48.0 Å². The average Bonchev–Trinajstić information content (AvgIpc) is 2.64. The topological polar surface area (TPSA) is 49.4 Å². The monoisotopic (exact) mass is 364 g/mol. The number of likely N-dealkylation sites (tertiary alicyclic amines) is 1. The van der Waals surface area contributed by atoms with Crippen molar-refractivity contribution in [2.24, 2.45) is 5.92 Å². The summed E-state index contributed by atoms with van der Waals surface area (Å²) in [5.41, 5.74) is 0.600. The highest BCUT2D eigenvalue weighted by molar-refractivity contribution is 6.07. The summed E-state index contributed by atoms with van der Waals surface area (Å²) in [5.74, 6) is -1.20. The predicted molar refractivity (Wildman–Crippen MR) is 91.6 cm³/mol. The first-order valence-electron chi connectivity index (χ1n) is 8.46. The number of hydrogen-bond donors (Lipinski definition) is 1. The quantitative estimate of drug-likeness (QED) is 0.908. The summed E-state index contributed by atoms with van der Waals surface area (Å²) in [7, 11) is 0. The molecule has 2 aromatic carbocycles. The predicted octanol–water partition coefficient (Wildman–Crippen LogP) is 3.37. The normalized spacial score (nSPS) is 15.9. The van der Waals surface area contributed by atoms with Gasteiger partial charge in [-0.25, -0.2) is 0 Å². The molecule has 0 saturated carbocycles. The maximum Gasteiger partial charge on any atom is 0.405 e. The van der Waals surface area contributed by atoms with Crippen LogP contribution in [0.25, 0.3) is 10.8 Å². The van der Waals surface area contributed by atoms with Gasteiger partial charge in [0.25, 0.3) is 5.91 Å². The lowest BCUT2D eigenvalue weighted by atomic mass is 9.95. The minimum absolute atomic E-state index is 0.115. The Morgan fingerprint density at radius 1 is 1.04 bits per heavy atom. The third-order valence-corrected chi connectivity index (χ3v) is 4.64. The van der Waals surface area contributed by atoms with Crippen LogP contribution in [0.2, 0.25) is 0 Å². The molecule has 1 aliphatic rings. The van der Waals surface area contributed by atoms with E-state index in [4.69, 9.17) is 0 Å². The van der Waals surface area contributed by atoms with E-state index in [1.165, 1.54) is 0 Å². The van der Waals surface area contributed by atoms with Crippen LogP contribution < -0.4 is 5.32 Å². The van der Waals surface area contributed by atoms with Gasteiger partial charge in [0, 0.05) is 24.6 Å². The Hall–Kier alpha value is -2.57. The van der Waals surface area contributed by atoms with E-state index in [-0.39, 0.29) is 5.91 Å². The molecular formula is C19H19F3N2O2. The lowest BCUT2D eigenvalue weighted by Crippen LogP contribution is -2.44. The first-order valence-corrected chi connectivity index (χ1v) is 8.46. The van der Waals surface area contributed by atoms with Gasteiger partial charge in [-0.3, -0.25) is 9.59 Å². The van der Waals surface area contributed by atoms with Crippen molar-refractivity contribution in [1.82, 2.24) is 10.2 Å². The largest absolute Gasteiger partial charge is 0.405 e. The van der Waals surface area contributed by atoms with E-state index in [9.17, 15) is 22.8 Å². The molecule has 2 amide bonds. The fraction of sp³-hybridized carbons (Fsp3) is 0.368. The van der Waals surface area contributed by atoms with Crippen LogP contribution in [-0.2, 0) is 4.79 Å². The summed E-state index contributed by atoms with van der Waals surface area (Å²) in [6.07, 6.45) is -3.69. The van der Waals surface area contributed by atoms with Crippen molar-refractivity contribution < 1.29 is 22.8 Å². The summed E-state index contributed by atoms with van der Waals surface area (Å²) in [4.78, 5) is 26.3. The Kier molecular flexibility index (Phi) is 5.15. The molecule has 7 heteroatoms. The molecule has 2 aromatic rings. The lowest BCUT2D eigenvalue weighted by Gasteiger charge is -2.31. The molecule has 1 N–H and O–H groups in total. The number of nitrogens with one attached hydrogen (secondary N) is 1. The molecule has 1 heterocycles. The maximum atomic E-state index is 12.8. The number of amides is 2. The van der Waals surface area contributed by atoms with Gasteiger partial charge < -0.3 is 10.2 Å². The van der Waals surface area contributed by atoms with Crippen LogP contribution in [0.4, 0.5) is 13.2 Å². The molecule has 138 valence electrons. The van der Waals surface area contributed by atoms with Gasteiger partial charge in [0.2, 0.25) is 5.91 Å². The van der Waals surface area contributed by atoms with Gasteiger partial charge >= 0.3 is 6.18 Å². The Balaban J connectivity index is 1.63. The molecular weight excluding hydrogens is 345 g/mol. The minimum Gasteiger partial charge on any atom is -0.347 e. The van der Waals surface area contributed by atoms with Gasteiger partial charge in [0.15, 0.2) is 0 Å². The Bertz CT molecular complexity index is 807. The summed E-state index contributed by atoms with van der Waals surface area (Å²) < 4.78 is 36.6. The standard InChI is InChI=1S/C19H19F3N2O2/c20-19(21,22)12-23-17(25)14-8-10-24(11-9-14)18(26)16-7-3-5-13-4-1-2-6-15(13)16/h1-7,14H,8-12H2,(H,23,25). The van der Waals surface area contributed by atoms with Gasteiger partial charge in [0.05, 0.1) is 0 Å². The van der Waals surface area contributed by atoms with Gasteiger partial charge in [-0.05, 0) is 29.7 Å². The molecule has 0 unspecified atom stereocenters. The van der Waals surface area contributed by atoms with Crippen LogP contribution in [0.3, 0.4) is 0 Å². The Morgan fingerprint density at radius 2 is 1.69 bits per heavy atom. The number of benzene rings is 2. The van der Waals surface area contributed by atoms with Gasteiger partial charge in [0.1, 0.15) is 6.54 Å². The fourth-order valence-electron chi connectivity index (χ4n) is 3.26. The molecule has 4 nitrogen and oxygen atoms in total. The van der Waals surface area contributed by atoms with Crippen LogP contribution in [0, 0.1) is 5.92 Å². The van der Waals surface area contributed by atoms with Gasteiger partial charge in [-0.1, -0.05) is 36.4 Å². The van der Waals surface area contributed by atoms with Crippen LogP contribution in [-0.4, -0.2) is 42.5 Å². The average molecular weight is 364 g/mol. The number of fused-ring (bicyclic) bond motifs is 1. The third kappa shape index (κ3) is 4.15. The number of halogens is 3. The number of carbonyl (C=O) groups excluding carboxylic acids is 2. The molecule has 0 aromatic heterocycles. The summed E-state index contributed by atoms with van der Waals surface area (Å²) in [5, 5.41) is 3.76. The van der Waals surface area contributed by atoms with Gasteiger partial charge in [-0.2, -0.15) is 13.2 Å². The molecule has 1 aliphatic heterocycles. The second kappa shape index (κ2) is 7.35. The second-order valence-corrected chi connectivity index (χ2v) is 6.43. The first kappa shape index (κ1) is 18.2. The molecule has 1 saturated heterocycles. The van der Waals surface area contributed by atoms with Crippen molar-refractivity contribution in [1.29, 1.82) is 0 Å². The van der Waals surface area contributed by atoms with E-state index < -0.39 is 24.5 Å². The van der Waals surface area contributed by atoms with Crippen LogP contribution >= 0.6 is 0 Å². The number of alkyl halides is 3. The van der Waals surface area contributed by atoms with Crippen molar-refractivity contribution in [2.45, 2.75) is 19.0 Å². The van der Waals surface area contributed by atoms with E-state index in [0.717, 1.165) is 10.8 Å². The van der Waals surface area contributed by atoms with E-state index in [1.807, 2.05) is 41.7 Å². The number of nitrogens with zero attached hydrogens (tertiary/aromatic N) is 1. The zero-order chi connectivity index (χ0) is 18.7. The van der Waals surface area contributed by atoms with E-state index in [1.54, 1.807) is 11.0 Å². The van der Waals surface area contributed by atoms with Crippen molar-refractivity contribution in [2.75, 3.05) is 19.6 Å². The summed E-state index contributed by atoms with van der Waals surface area (Å²) >= 11 is 0. The van der Waals surface area contributed by atoms with E-state index >= 15 is 0 Å². The zero-order valence-electron chi connectivity index (χ0n) is 14.1. The van der Waals surface area contributed by atoms with E-state index in [0.29, 0.717) is 31.5 Å². The zero-order valence-corrected chi connectivity index (χ0v) is 14.1. The second-order valence-electron chi connectivity index (χ2n) is 6.43. The number of hydrogen-bond acceptors (Lipinski definition) is 2. The molecule has 26 heavy (non-hydrogen) atoms. The number of carbonyl (C=O) groups is 2. The lowest BCUT2D eigenvalue weighted by molar-refractivity contribution is -0.141.